The zero-order valence-corrected chi connectivity index (χ0v) is 12.2. The first-order valence-corrected chi connectivity index (χ1v) is 7.01. The van der Waals surface area contributed by atoms with E-state index in [4.69, 9.17) is 5.11 Å². The molecule has 108 valence electrons. The highest BCUT2D eigenvalue weighted by Gasteiger charge is 2.08. The Morgan fingerprint density at radius 1 is 0.955 bits per heavy atom. The van der Waals surface area contributed by atoms with Gasteiger partial charge in [-0.15, -0.1) is 0 Å². The van der Waals surface area contributed by atoms with Crippen LogP contribution in [0.15, 0.2) is 66.9 Å². The molecule has 0 aliphatic carbocycles. The molecular weight excluding hydrogens is 274 g/mol. The molecule has 0 spiro atoms. The molecule has 22 heavy (non-hydrogen) atoms. The summed E-state index contributed by atoms with van der Waals surface area (Å²) in [5.74, 6) is -0.911. The number of pyridine rings is 1. The Labute approximate surface area is 128 Å². The topological polar surface area (TPSA) is 50.2 Å². The van der Waals surface area contributed by atoms with Crippen molar-refractivity contribution in [2.45, 2.75) is 6.92 Å². The van der Waals surface area contributed by atoms with Crippen LogP contribution in [-0.4, -0.2) is 16.1 Å². The van der Waals surface area contributed by atoms with Gasteiger partial charge in [0, 0.05) is 11.8 Å². The van der Waals surface area contributed by atoms with E-state index in [2.05, 4.69) is 4.98 Å². The molecule has 0 radical (unpaired) electrons. The summed E-state index contributed by atoms with van der Waals surface area (Å²) in [6.07, 6.45) is 1.77. The Bertz CT molecular complexity index is 809. The van der Waals surface area contributed by atoms with Gasteiger partial charge in [0.15, 0.2) is 0 Å². The zero-order chi connectivity index (χ0) is 15.5. The molecule has 3 nitrogen and oxygen atoms in total. The largest absolute Gasteiger partial charge is 0.478 e. The fourth-order valence-electron chi connectivity index (χ4n) is 2.42. The molecule has 0 bridgehead atoms. The monoisotopic (exact) mass is 289 g/mol. The van der Waals surface area contributed by atoms with Gasteiger partial charge in [0.05, 0.1) is 11.3 Å². The van der Waals surface area contributed by atoms with Crippen LogP contribution in [0.25, 0.3) is 22.4 Å². The van der Waals surface area contributed by atoms with Gasteiger partial charge in [0.25, 0.3) is 0 Å². The van der Waals surface area contributed by atoms with Crippen molar-refractivity contribution in [3.05, 3.63) is 78.0 Å². The lowest BCUT2D eigenvalue weighted by Gasteiger charge is -2.08. The molecular formula is C19H15NO2. The van der Waals surface area contributed by atoms with Crippen molar-refractivity contribution in [1.29, 1.82) is 0 Å². The summed E-state index contributed by atoms with van der Waals surface area (Å²) in [6.45, 7) is 1.98. The Hall–Kier alpha value is -2.94. The fraction of sp³-hybridized carbons (Fsp3) is 0.0526. The average molecular weight is 289 g/mol. The van der Waals surface area contributed by atoms with Gasteiger partial charge in [-0.25, -0.2) is 4.79 Å². The summed E-state index contributed by atoms with van der Waals surface area (Å²) in [7, 11) is 0. The van der Waals surface area contributed by atoms with Crippen molar-refractivity contribution in [1.82, 2.24) is 4.98 Å². The van der Waals surface area contributed by atoms with Crippen LogP contribution in [0.3, 0.4) is 0 Å². The Morgan fingerprint density at radius 2 is 1.68 bits per heavy atom. The first-order chi connectivity index (χ1) is 10.6. The highest BCUT2D eigenvalue weighted by molar-refractivity contribution is 5.90. The van der Waals surface area contributed by atoms with E-state index in [-0.39, 0.29) is 0 Å². The molecule has 2 aromatic carbocycles. The van der Waals surface area contributed by atoms with Crippen LogP contribution in [-0.2, 0) is 0 Å². The van der Waals surface area contributed by atoms with E-state index in [0.717, 1.165) is 27.9 Å². The maximum atomic E-state index is 11.1. The lowest BCUT2D eigenvalue weighted by atomic mass is 9.97. The van der Waals surface area contributed by atoms with Crippen molar-refractivity contribution in [2.24, 2.45) is 0 Å². The van der Waals surface area contributed by atoms with Crippen molar-refractivity contribution in [2.75, 3.05) is 0 Å². The number of rotatable bonds is 3. The lowest BCUT2D eigenvalue weighted by molar-refractivity contribution is 0.0697. The third kappa shape index (κ3) is 2.74. The Balaban J connectivity index is 2.00. The van der Waals surface area contributed by atoms with Crippen LogP contribution in [0.1, 0.15) is 15.9 Å². The molecule has 3 rings (SSSR count). The van der Waals surface area contributed by atoms with Gasteiger partial charge in [-0.2, -0.15) is 0 Å². The number of benzene rings is 2. The van der Waals surface area contributed by atoms with Gasteiger partial charge in [-0.05, 0) is 47.9 Å². The third-order valence-corrected chi connectivity index (χ3v) is 3.64. The normalized spacial score (nSPS) is 10.4. The third-order valence-electron chi connectivity index (χ3n) is 3.64. The summed E-state index contributed by atoms with van der Waals surface area (Å²) in [5.41, 5.74) is 5.25. The molecule has 0 saturated heterocycles. The lowest BCUT2D eigenvalue weighted by Crippen LogP contribution is -1.97. The maximum absolute atomic E-state index is 11.1. The summed E-state index contributed by atoms with van der Waals surface area (Å²) in [6, 6.07) is 19.0. The Morgan fingerprint density at radius 3 is 2.32 bits per heavy atom. The molecule has 1 aromatic heterocycles. The van der Waals surface area contributed by atoms with Gasteiger partial charge in [-0.3, -0.25) is 4.98 Å². The number of carboxylic acids is 1. The van der Waals surface area contributed by atoms with Crippen LogP contribution in [0.2, 0.25) is 0 Å². The summed E-state index contributed by atoms with van der Waals surface area (Å²) in [5, 5.41) is 9.13. The number of carboxylic acid groups (broad SMARTS) is 1. The summed E-state index contributed by atoms with van der Waals surface area (Å²) < 4.78 is 0. The molecule has 1 N–H and O–H groups in total. The summed E-state index contributed by atoms with van der Waals surface area (Å²) in [4.78, 5) is 15.5. The number of aryl methyl sites for hydroxylation is 1. The first-order valence-electron chi connectivity index (χ1n) is 7.01. The molecule has 0 unspecified atom stereocenters. The van der Waals surface area contributed by atoms with Gasteiger partial charge in [0.2, 0.25) is 0 Å². The molecule has 0 atom stereocenters. The number of aromatic carboxylic acids is 1. The molecule has 3 heteroatoms. The first kappa shape index (κ1) is 14.0. The van der Waals surface area contributed by atoms with E-state index in [9.17, 15) is 4.79 Å². The van der Waals surface area contributed by atoms with E-state index in [1.807, 2.05) is 55.5 Å². The molecule has 1 heterocycles. The number of hydrogen-bond acceptors (Lipinski definition) is 2. The molecule has 0 fully saturated rings. The predicted molar refractivity (Wildman–Crippen MR) is 86.8 cm³/mol. The van der Waals surface area contributed by atoms with E-state index in [1.54, 1.807) is 18.3 Å². The van der Waals surface area contributed by atoms with Crippen LogP contribution < -0.4 is 0 Å². The number of carbonyl (C=O) groups is 1. The van der Waals surface area contributed by atoms with Gasteiger partial charge in [0.1, 0.15) is 0 Å². The number of nitrogens with zero attached hydrogens (tertiary/aromatic N) is 1. The number of aromatic nitrogens is 1. The molecule has 3 aromatic rings. The van der Waals surface area contributed by atoms with Crippen LogP contribution in [0.4, 0.5) is 0 Å². The number of hydrogen-bond donors (Lipinski definition) is 1. The van der Waals surface area contributed by atoms with E-state index in [0.29, 0.717) is 5.56 Å². The molecule has 0 amide bonds. The smallest absolute Gasteiger partial charge is 0.335 e. The second-order valence-corrected chi connectivity index (χ2v) is 5.13. The second-order valence-electron chi connectivity index (χ2n) is 5.13. The highest BCUT2D eigenvalue weighted by Crippen LogP contribution is 2.27. The van der Waals surface area contributed by atoms with Gasteiger partial charge in [-0.1, -0.05) is 36.4 Å². The minimum atomic E-state index is -0.911. The van der Waals surface area contributed by atoms with Crippen LogP contribution in [0.5, 0.6) is 0 Å². The minimum absolute atomic E-state index is 0.300. The average Bonchev–Trinajstić information content (AvgIpc) is 2.56. The van der Waals surface area contributed by atoms with Crippen molar-refractivity contribution in [3.63, 3.8) is 0 Å². The quantitative estimate of drug-likeness (QED) is 0.776. The zero-order valence-electron chi connectivity index (χ0n) is 12.2. The van der Waals surface area contributed by atoms with Crippen LogP contribution >= 0.6 is 0 Å². The highest BCUT2D eigenvalue weighted by atomic mass is 16.4. The van der Waals surface area contributed by atoms with Gasteiger partial charge >= 0.3 is 5.97 Å². The second kappa shape index (κ2) is 5.82. The minimum Gasteiger partial charge on any atom is -0.478 e. The van der Waals surface area contributed by atoms with E-state index in [1.165, 1.54) is 0 Å². The molecule has 0 aliphatic rings. The predicted octanol–water partition coefficient (Wildman–Crippen LogP) is 4.42. The van der Waals surface area contributed by atoms with E-state index < -0.39 is 5.97 Å². The van der Waals surface area contributed by atoms with E-state index >= 15 is 0 Å². The maximum Gasteiger partial charge on any atom is 0.335 e. The van der Waals surface area contributed by atoms with Crippen molar-refractivity contribution >= 4 is 5.97 Å². The van der Waals surface area contributed by atoms with Crippen molar-refractivity contribution < 1.29 is 9.90 Å². The molecule has 0 aliphatic heterocycles. The standard InChI is InChI=1S/C19H15NO2/c1-13-5-6-16(19(21)22)12-17(13)14-7-9-15(10-8-14)18-4-2-3-11-20-18/h2-12H,1H3,(H,21,22). The molecule has 0 saturated carbocycles. The SMILES string of the molecule is Cc1ccc(C(=O)O)cc1-c1ccc(-c2ccccn2)cc1. The summed E-state index contributed by atoms with van der Waals surface area (Å²) >= 11 is 0. The van der Waals surface area contributed by atoms with Crippen molar-refractivity contribution in [3.8, 4) is 22.4 Å². The van der Waals surface area contributed by atoms with Gasteiger partial charge < -0.3 is 5.11 Å². The van der Waals surface area contributed by atoms with Crippen LogP contribution in [0, 0.1) is 6.92 Å². The Kier molecular flexibility index (Phi) is 3.71. The fourth-order valence-corrected chi connectivity index (χ4v) is 2.42.